The molecule has 0 aliphatic heterocycles. The summed E-state index contributed by atoms with van der Waals surface area (Å²) in [6.07, 6.45) is 0.642. The van der Waals surface area contributed by atoms with E-state index in [1.165, 1.54) is 0 Å². The second-order valence-electron chi connectivity index (χ2n) is 8.68. The van der Waals surface area contributed by atoms with Gasteiger partial charge in [0.2, 0.25) is 23.6 Å². The minimum Gasteiger partial charge on any atom is -0.480 e. The lowest BCUT2D eigenvalue weighted by Crippen LogP contribution is -2.60. The van der Waals surface area contributed by atoms with E-state index < -0.39 is 73.0 Å². The summed E-state index contributed by atoms with van der Waals surface area (Å²) in [6.45, 7) is 5.61. The molecule has 0 saturated heterocycles. The summed E-state index contributed by atoms with van der Waals surface area (Å²) < 4.78 is 0. The Morgan fingerprint density at radius 3 is 1.74 bits per heavy atom. The number of rotatable bonds is 16. The molecule has 14 heteroatoms. The van der Waals surface area contributed by atoms with E-state index in [9.17, 15) is 34.2 Å². The van der Waals surface area contributed by atoms with Crippen molar-refractivity contribution in [1.82, 2.24) is 21.3 Å². The van der Waals surface area contributed by atoms with E-state index >= 15 is 0 Å². The molecule has 0 fully saturated rings. The minimum atomic E-state index is -1.47. The monoisotopic (exact) mass is 521 g/mol. The molecule has 0 bridgehead atoms. The molecular formula is C21H39N5O8S. The predicted molar refractivity (Wildman–Crippen MR) is 130 cm³/mol. The summed E-state index contributed by atoms with van der Waals surface area (Å²) >= 11 is 4.06. The fourth-order valence-corrected chi connectivity index (χ4v) is 3.19. The molecule has 0 radical (unpaired) electrons. The van der Waals surface area contributed by atoms with E-state index in [1.54, 1.807) is 27.7 Å². The molecule has 13 nitrogen and oxygen atoms in total. The summed E-state index contributed by atoms with van der Waals surface area (Å²) in [5.74, 6) is -5.02. The molecule has 0 unspecified atom stereocenters. The van der Waals surface area contributed by atoms with Gasteiger partial charge in [-0.1, -0.05) is 34.1 Å². The molecule has 0 aliphatic rings. The highest BCUT2D eigenvalue weighted by Crippen LogP contribution is 2.09. The quantitative estimate of drug-likeness (QED) is 0.0966. The normalized spacial score (nSPS) is 16.3. The van der Waals surface area contributed by atoms with Gasteiger partial charge >= 0.3 is 5.97 Å². The van der Waals surface area contributed by atoms with Gasteiger partial charge in [0.25, 0.3) is 0 Å². The van der Waals surface area contributed by atoms with Crippen LogP contribution in [0.5, 0.6) is 0 Å². The first-order valence-electron chi connectivity index (χ1n) is 11.3. The van der Waals surface area contributed by atoms with Crippen LogP contribution in [0, 0.1) is 11.8 Å². The van der Waals surface area contributed by atoms with E-state index in [1.807, 2.05) is 0 Å². The number of carbonyl (C=O) groups excluding carboxylic acids is 4. The van der Waals surface area contributed by atoms with Crippen LogP contribution < -0.4 is 27.0 Å². The van der Waals surface area contributed by atoms with Crippen LogP contribution in [0.2, 0.25) is 0 Å². The van der Waals surface area contributed by atoms with Crippen molar-refractivity contribution in [3.8, 4) is 0 Å². The van der Waals surface area contributed by atoms with Crippen molar-refractivity contribution in [3.05, 3.63) is 0 Å². The average molecular weight is 522 g/mol. The van der Waals surface area contributed by atoms with Crippen LogP contribution in [0.4, 0.5) is 0 Å². The maximum Gasteiger partial charge on any atom is 0.326 e. The zero-order valence-corrected chi connectivity index (χ0v) is 21.4. The highest BCUT2D eigenvalue weighted by Gasteiger charge is 2.32. The molecule has 0 saturated carbocycles. The van der Waals surface area contributed by atoms with Gasteiger partial charge in [0.15, 0.2) is 0 Å². The van der Waals surface area contributed by atoms with Gasteiger partial charge in [-0.3, -0.25) is 19.2 Å². The number of amides is 4. The van der Waals surface area contributed by atoms with Crippen molar-refractivity contribution in [2.75, 3.05) is 19.0 Å². The first-order valence-corrected chi connectivity index (χ1v) is 12.0. The molecule has 4 amide bonds. The van der Waals surface area contributed by atoms with Gasteiger partial charge in [-0.05, 0) is 18.3 Å². The van der Waals surface area contributed by atoms with E-state index in [0.29, 0.717) is 6.42 Å². The summed E-state index contributed by atoms with van der Waals surface area (Å²) in [7, 11) is 0. The van der Waals surface area contributed by atoms with Gasteiger partial charge in [0.05, 0.1) is 13.2 Å². The van der Waals surface area contributed by atoms with E-state index in [4.69, 9.17) is 10.8 Å². The number of aliphatic hydroxyl groups is 2. The number of carboxylic acids is 1. The standard InChI is InChI=1S/C21H39N5O8S/c1-5-11(4)16(26-17(29)12(22)7-27)20(32)25-15(9-35)19(31)24-14(8-28)18(30)23-13(21(33)34)6-10(2)3/h10-16,27-28,35H,5-9,22H2,1-4H3,(H,23,30)(H,24,31)(H,25,32)(H,26,29)(H,33,34)/t11-,12-,13-,14-,15-,16-/m0/s1. The van der Waals surface area contributed by atoms with Gasteiger partial charge in [0, 0.05) is 5.75 Å². The Balaban J connectivity index is 5.36. The summed E-state index contributed by atoms with van der Waals surface area (Å²) in [4.78, 5) is 61.5. The Hall–Kier alpha value is -2.42. The molecule has 0 aromatic heterocycles. The number of hydrogen-bond acceptors (Lipinski definition) is 9. The molecule has 0 spiro atoms. The summed E-state index contributed by atoms with van der Waals surface area (Å²) in [5.41, 5.74) is 5.49. The molecule has 0 aromatic carbocycles. The second kappa shape index (κ2) is 16.3. The van der Waals surface area contributed by atoms with Crippen molar-refractivity contribution >= 4 is 42.2 Å². The number of thiol groups is 1. The topological polar surface area (TPSA) is 220 Å². The van der Waals surface area contributed by atoms with Crippen molar-refractivity contribution in [1.29, 1.82) is 0 Å². The fourth-order valence-electron chi connectivity index (χ4n) is 2.93. The summed E-state index contributed by atoms with van der Waals surface area (Å²) in [5, 5.41) is 37.4. The third-order valence-corrected chi connectivity index (χ3v) is 5.64. The third kappa shape index (κ3) is 11.2. The van der Waals surface area contributed by atoms with Gasteiger partial charge < -0.3 is 42.3 Å². The first kappa shape index (κ1) is 32.6. The van der Waals surface area contributed by atoms with Crippen LogP contribution in [-0.2, 0) is 24.0 Å². The number of nitrogens with two attached hydrogens (primary N) is 1. The molecule has 6 atom stereocenters. The summed E-state index contributed by atoms with van der Waals surface area (Å²) in [6, 6.07) is -6.21. The van der Waals surface area contributed by atoms with Crippen LogP contribution >= 0.6 is 12.6 Å². The number of nitrogens with one attached hydrogen (secondary N) is 4. The van der Waals surface area contributed by atoms with Crippen LogP contribution in [0.3, 0.4) is 0 Å². The molecule has 0 heterocycles. The second-order valence-corrected chi connectivity index (χ2v) is 9.04. The fraction of sp³-hybridized carbons (Fsp3) is 0.762. The van der Waals surface area contributed by atoms with Gasteiger partial charge in [-0.15, -0.1) is 0 Å². The maximum absolute atomic E-state index is 12.8. The average Bonchev–Trinajstić information content (AvgIpc) is 2.81. The molecule has 202 valence electrons. The predicted octanol–water partition coefficient (Wildman–Crippen LogP) is -2.66. The zero-order chi connectivity index (χ0) is 27.3. The lowest BCUT2D eigenvalue weighted by Gasteiger charge is -2.27. The largest absolute Gasteiger partial charge is 0.480 e. The lowest BCUT2D eigenvalue weighted by atomic mass is 9.97. The Kier molecular flexibility index (Phi) is 15.2. The molecule has 35 heavy (non-hydrogen) atoms. The van der Waals surface area contributed by atoms with E-state index in [0.717, 1.165) is 0 Å². The highest BCUT2D eigenvalue weighted by molar-refractivity contribution is 7.80. The van der Waals surface area contributed by atoms with Crippen molar-refractivity contribution < 1.29 is 39.3 Å². The van der Waals surface area contributed by atoms with Crippen molar-refractivity contribution in [3.63, 3.8) is 0 Å². The molecule has 9 N–H and O–H groups in total. The minimum absolute atomic E-state index is 0.0341. The number of aliphatic hydroxyl groups excluding tert-OH is 2. The maximum atomic E-state index is 12.8. The van der Waals surface area contributed by atoms with Crippen molar-refractivity contribution in [2.45, 2.75) is 70.7 Å². The van der Waals surface area contributed by atoms with E-state index in [-0.39, 0.29) is 24.0 Å². The molecule has 0 rings (SSSR count). The van der Waals surface area contributed by atoms with Crippen LogP contribution in [0.25, 0.3) is 0 Å². The van der Waals surface area contributed by atoms with Crippen LogP contribution in [0.1, 0.15) is 40.5 Å². The Morgan fingerprint density at radius 2 is 1.31 bits per heavy atom. The molecular weight excluding hydrogens is 482 g/mol. The first-order chi connectivity index (χ1) is 16.3. The number of aliphatic carboxylic acids is 1. The third-order valence-electron chi connectivity index (χ3n) is 5.28. The smallest absolute Gasteiger partial charge is 0.326 e. The molecule has 0 aliphatic carbocycles. The highest BCUT2D eigenvalue weighted by atomic mass is 32.1. The number of carboxylic acid groups (broad SMARTS) is 1. The Morgan fingerprint density at radius 1 is 0.800 bits per heavy atom. The SMILES string of the molecule is CC[C@H](C)[C@H](NC(=O)[C@@H](N)CO)C(=O)N[C@@H](CS)C(=O)N[C@@H](CO)C(=O)N[C@@H](CC(C)C)C(=O)O. The van der Waals surface area contributed by atoms with Gasteiger partial charge in [-0.25, -0.2) is 4.79 Å². The molecule has 0 aromatic rings. The van der Waals surface area contributed by atoms with Gasteiger partial charge in [-0.2, -0.15) is 12.6 Å². The lowest BCUT2D eigenvalue weighted by molar-refractivity contribution is -0.143. The number of carbonyl (C=O) groups is 5. The zero-order valence-electron chi connectivity index (χ0n) is 20.5. The van der Waals surface area contributed by atoms with Crippen molar-refractivity contribution in [2.24, 2.45) is 17.6 Å². The van der Waals surface area contributed by atoms with Gasteiger partial charge in [0.1, 0.15) is 30.2 Å². The van der Waals surface area contributed by atoms with Crippen LogP contribution in [-0.4, -0.2) is 94.1 Å². The Bertz CT molecular complexity index is 739. The van der Waals surface area contributed by atoms with E-state index in [2.05, 4.69) is 33.9 Å². The van der Waals surface area contributed by atoms with Crippen LogP contribution in [0.15, 0.2) is 0 Å². The number of hydrogen-bond donors (Lipinski definition) is 9. The Labute approximate surface area is 210 Å².